The van der Waals surface area contributed by atoms with Crippen molar-refractivity contribution in [3.63, 3.8) is 0 Å². The van der Waals surface area contributed by atoms with Gasteiger partial charge in [-0.3, -0.25) is 14.4 Å². The monoisotopic (exact) mass is 439 g/mol. The molecule has 0 aromatic heterocycles. The number of carboxylic acids is 1. The van der Waals surface area contributed by atoms with Crippen molar-refractivity contribution in [3.05, 3.63) is 35.9 Å². The van der Waals surface area contributed by atoms with Gasteiger partial charge in [-0.15, -0.1) is 12.4 Å². The summed E-state index contributed by atoms with van der Waals surface area (Å²) in [5.41, 5.74) is 6.67. The Morgan fingerprint density at radius 3 is 2.53 bits per heavy atom. The first kappa shape index (κ1) is 25.9. The Hall–Kier alpha value is -2.12. The van der Waals surface area contributed by atoms with E-state index in [1.165, 1.54) is 5.56 Å². The predicted molar refractivity (Wildman–Crippen MR) is 118 cm³/mol. The second-order valence-corrected chi connectivity index (χ2v) is 7.74. The fraction of sp³-hybridized carbons (Fsp3) is 0.591. The van der Waals surface area contributed by atoms with E-state index in [4.69, 9.17) is 5.73 Å². The molecule has 0 bridgehead atoms. The van der Waals surface area contributed by atoms with Crippen molar-refractivity contribution in [3.8, 4) is 0 Å². The minimum atomic E-state index is -0.979. The average Bonchev–Trinajstić information content (AvgIpc) is 2.99. The van der Waals surface area contributed by atoms with Gasteiger partial charge < -0.3 is 21.1 Å². The summed E-state index contributed by atoms with van der Waals surface area (Å²) in [6, 6.07) is 10.1. The van der Waals surface area contributed by atoms with Crippen LogP contribution in [0.3, 0.4) is 0 Å². The number of amides is 2. The summed E-state index contributed by atoms with van der Waals surface area (Å²) in [4.78, 5) is 37.7. The number of hydrogen-bond acceptors (Lipinski definition) is 4. The van der Waals surface area contributed by atoms with E-state index in [0.29, 0.717) is 32.6 Å². The van der Waals surface area contributed by atoms with Gasteiger partial charge in [-0.05, 0) is 37.8 Å². The summed E-state index contributed by atoms with van der Waals surface area (Å²) >= 11 is 0. The number of benzene rings is 1. The van der Waals surface area contributed by atoms with Crippen LogP contribution in [0, 0.1) is 11.8 Å². The SMILES string of the molecule is Cl.NCCCCCC(=O)NCC1CN(CCCc2ccccc2)C(=O)C1CC(=O)O. The van der Waals surface area contributed by atoms with Crippen molar-refractivity contribution >= 4 is 30.2 Å². The molecule has 1 aliphatic rings. The van der Waals surface area contributed by atoms with Gasteiger partial charge in [0.1, 0.15) is 0 Å². The molecule has 1 aromatic carbocycles. The third-order valence-corrected chi connectivity index (χ3v) is 5.45. The fourth-order valence-corrected chi connectivity index (χ4v) is 3.85. The Bertz CT molecular complexity index is 672. The number of hydrogen-bond donors (Lipinski definition) is 3. The van der Waals surface area contributed by atoms with Crippen LogP contribution in [0.4, 0.5) is 0 Å². The van der Waals surface area contributed by atoms with Crippen molar-refractivity contribution in [2.45, 2.75) is 44.9 Å². The zero-order valence-corrected chi connectivity index (χ0v) is 18.2. The maximum atomic E-state index is 12.7. The minimum absolute atomic E-state index is 0. The van der Waals surface area contributed by atoms with Crippen LogP contribution in [0.15, 0.2) is 30.3 Å². The number of aryl methyl sites for hydroxylation is 1. The molecule has 0 saturated carbocycles. The molecule has 0 radical (unpaired) electrons. The van der Waals surface area contributed by atoms with Gasteiger partial charge in [0.15, 0.2) is 0 Å². The molecule has 1 aliphatic heterocycles. The fourth-order valence-electron chi connectivity index (χ4n) is 3.85. The Balaban J connectivity index is 0.00000450. The summed E-state index contributed by atoms with van der Waals surface area (Å²) in [6.07, 6.45) is 4.56. The van der Waals surface area contributed by atoms with Gasteiger partial charge in [0.05, 0.1) is 12.3 Å². The van der Waals surface area contributed by atoms with Crippen LogP contribution < -0.4 is 11.1 Å². The van der Waals surface area contributed by atoms with E-state index >= 15 is 0 Å². The van der Waals surface area contributed by atoms with Crippen LogP contribution in [0.1, 0.15) is 44.1 Å². The number of rotatable bonds is 13. The molecule has 1 heterocycles. The molecule has 1 aromatic rings. The van der Waals surface area contributed by atoms with Crippen molar-refractivity contribution in [1.29, 1.82) is 0 Å². The summed E-state index contributed by atoms with van der Waals surface area (Å²) in [5.74, 6) is -1.87. The number of nitrogens with one attached hydrogen (secondary N) is 1. The lowest BCUT2D eigenvalue weighted by Crippen LogP contribution is -2.33. The molecule has 2 amide bonds. The molecule has 30 heavy (non-hydrogen) atoms. The molecule has 2 atom stereocenters. The van der Waals surface area contributed by atoms with Gasteiger partial charge in [0.2, 0.25) is 11.8 Å². The van der Waals surface area contributed by atoms with Crippen molar-refractivity contribution in [1.82, 2.24) is 10.2 Å². The summed E-state index contributed by atoms with van der Waals surface area (Å²) < 4.78 is 0. The quantitative estimate of drug-likeness (QED) is 0.408. The number of likely N-dealkylation sites (tertiary alicyclic amines) is 1. The van der Waals surface area contributed by atoms with E-state index in [0.717, 1.165) is 32.1 Å². The average molecular weight is 440 g/mol. The van der Waals surface area contributed by atoms with E-state index < -0.39 is 11.9 Å². The second kappa shape index (κ2) is 14.0. The molecular formula is C22H34ClN3O4. The van der Waals surface area contributed by atoms with Crippen LogP contribution in [0.2, 0.25) is 0 Å². The van der Waals surface area contributed by atoms with Crippen molar-refractivity contribution < 1.29 is 19.5 Å². The largest absolute Gasteiger partial charge is 0.481 e. The van der Waals surface area contributed by atoms with Crippen LogP contribution >= 0.6 is 12.4 Å². The number of aliphatic carboxylic acids is 1. The van der Waals surface area contributed by atoms with Gasteiger partial charge in [0, 0.05) is 32.0 Å². The van der Waals surface area contributed by atoms with Crippen molar-refractivity contribution in [2.24, 2.45) is 17.6 Å². The number of carbonyl (C=O) groups is 3. The topological polar surface area (TPSA) is 113 Å². The van der Waals surface area contributed by atoms with Gasteiger partial charge in [-0.25, -0.2) is 0 Å². The lowest BCUT2D eigenvalue weighted by atomic mass is 9.92. The van der Waals surface area contributed by atoms with Crippen LogP contribution in [-0.2, 0) is 20.8 Å². The maximum absolute atomic E-state index is 12.7. The molecule has 0 spiro atoms. The standard InChI is InChI=1S/C22H33N3O4.ClH/c23-12-6-2-5-11-20(26)24-15-18-16-25(22(29)19(18)14-21(27)28)13-7-10-17-8-3-1-4-9-17;/h1,3-4,8-9,18-19H,2,5-7,10-16,23H2,(H,24,26)(H,27,28);1H. The van der Waals surface area contributed by atoms with Gasteiger partial charge in [-0.1, -0.05) is 36.8 Å². The first-order chi connectivity index (χ1) is 14.0. The molecule has 7 nitrogen and oxygen atoms in total. The molecule has 4 N–H and O–H groups in total. The van der Waals surface area contributed by atoms with Crippen LogP contribution in [0.25, 0.3) is 0 Å². The Labute approximate surface area is 184 Å². The van der Waals surface area contributed by atoms with Gasteiger partial charge >= 0.3 is 5.97 Å². The number of halogens is 1. The minimum Gasteiger partial charge on any atom is -0.481 e. The number of carbonyl (C=O) groups excluding carboxylic acids is 2. The smallest absolute Gasteiger partial charge is 0.304 e. The van der Waals surface area contributed by atoms with E-state index in [1.807, 2.05) is 18.2 Å². The summed E-state index contributed by atoms with van der Waals surface area (Å²) in [6.45, 7) is 2.07. The van der Waals surface area contributed by atoms with Crippen molar-refractivity contribution in [2.75, 3.05) is 26.2 Å². The highest BCUT2D eigenvalue weighted by Gasteiger charge is 2.41. The highest BCUT2D eigenvalue weighted by atomic mass is 35.5. The third kappa shape index (κ3) is 8.71. The predicted octanol–water partition coefficient (Wildman–Crippen LogP) is 2.23. The lowest BCUT2D eigenvalue weighted by Gasteiger charge is -2.17. The zero-order chi connectivity index (χ0) is 21.1. The molecule has 0 aliphatic carbocycles. The third-order valence-electron chi connectivity index (χ3n) is 5.45. The summed E-state index contributed by atoms with van der Waals surface area (Å²) in [7, 11) is 0. The molecule has 8 heteroatoms. The Kier molecular flexibility index (Phi) is 12.1. The number of carboxylic acid groups (broad SMARTS) is 1. The second-order valence-electron chi connectivity index (χ2n) is 7.74. The first-order valence-corrected chi connectivity index (χ1v) is 10.5. The molecule has 1 fully saturated rings. The normalized spacial score (nSPS) is 18.2. The summed E-state index contributed by atoms with van der Waals surface area (Å²) in [5, 5.41) is 12.1. The molecular weight excluding hydrogens is 406 g/mol. The van der Waals surface area contributed by atoms with E-state index in [1.54, 1.807) is 4.90 Å². The van der Waals surface area contributed by atoms with Gasteiger partial charge in [-0.2, -0.15) is 0 Å². The Morgan fingerprint density at radius 1 is 1.13 bits per heavy atom. The zero-order valence-electron chi connectivity index (χ0n) is 17.4. The van der Waals surface area contributed by atoms with Crippen LogP contribution in [-0.4, -0.2) is 54.0 Å². The molecule has 1 saturated heterocycles. The lowest BCUT2D eigenvalue weighted by molar-refractivity contribution is -0.142. The molecule has 2 unspecified atom stereocenters. The van der Waals surface area contributed by atoms with Gasteiger partial charge in [0.25, 0.3) is 0 Å². The number of unbranched alkanes of at least 4 members (excludes halogenated alkanes) is 2. The first-order valence-electron chi connectivity index (χ1n) is 10.5. The number of nitrogens with two attached hydrogens (primary N) is 1. The maximum Gasteiger partial charge on any atom is 0.304 e. The Morgan fingerprint density at radius 2 is 1.87 bits per heavy atom. The van der Waals surface area contributed by atoms with Crippen LogP contribution in [0.5, 0.6) is 0 Å². The molecule has 2 rings (SSSR count). The number of nitrogens with zero attached hydrogens (tertiary/aromatic N) is 1. The van der Waals surface area contributed by atoms with E-state index in [2.05, 4.69) is 17.4 Å². The highest BCUT2D eigenvalue weighted by Crippen LogP contribution is 2.28. The van der Waals surface area contributed by atoms with E-state index in [9.17, 15) is 19.5 Å². The highest BCUT2D eigenvalue weighted by molar-refractivity contribution is 5.86. The molecule has 168 valence electrons. The van der Waals surface area contributed by atoms with E-state index in [-0.39, 0.29) is 36.6 Å².